The minimum atomic E-state index is -3.80. The molecule has 3 rings (SSSR count). The van der Waals surface area contributed by atoms with E-state index in [1.165, 1.54) is 17.5 Å². The lowest BCUT2D eigenvalue weighted by atomic mass is 10.2. The van der Waals surface area contributed by atoms with Gasteiger partial charge in [0.2, 0.25) is 10.0 Å². The van der Waals surface area contributed by atoms with Crippen LogP contribution in [0, 0.1) is 0 Å². The summed E-state index contributed by atoms with van der Waals surface area (Å²) in [5.74, 6) is -0.519. The number of hydrogen-bond donors (Lipinski definition) is 0. The number of rotatable bonds is 3. The van der Waals surface area contributed by atoms with Gasteiger partial charge in [-0.05, 0) is 25.0 Å². The summed E-state index contributed by atoms with van der Waals surface area (Å²) in [4.78, 5) is 16.1. The lowest BCUT2D eigenvalue weighted by Crippen LogP contribution is -2.41. The maximum Gasteiger partial charge on any atom is 0.324 e. The highest BCUT2D eigenvalue weighted by molar-refractivity contribution is 7.89. The molecule has 0 bridgehead atoms. The molecule has 1 unspecified atom stereocenters. The van der Waals surface area contributed by atoms with Crippen molar-refractivity contribution in [2.45, 2.75) is 23.8 Å². The van der Waals surface area contributed by atoms with Crippen LogP contribution in [0.1, 0.15) is 12.8 Å². The van der Waals surface area contributed by atoms with Gasteiger partial charge in [-0.25, -0.2) is 8.42 Å². The zero-order valence-electron chi connectivity index (χ0n) is 12.1. The highest BCUT2D eigenvalue weighted by Crippen LogP contribution is 2.30. The molecule has 2 heterocycles. The fourth-order valence-electron chi connectivity index (χ4n) is 2.81. The number of pyridine rings is 1. The second-order valence-electron chi connectivity index (χ2n) is 5.13. The van der Waals surface area contributed by atoms with Crippen molar-refractivity contribution in [2.24, 2.45) is 0 Å². The first kappa shape index (κ1) is 14.9. The number of benzene rings is 1. The number of aromatic nitrogens is 1. The number of carbonyl (C=O) groups excluding carboxylic acids is 1. The van der Waals surface area contributed by atoms with E-state index in [-0.39, 0.29) is 4.90 Å². The molecule has 6 nitrogen and oxygen atoms in total. The van der Waals surface area contributed by atoms with Crippen molar-refractivity contribution in [1.29, 1.82) is 0 Å². The van der Waals surface area contributed by atoms with Gasteiger partial charge in [-0.3, -0.25) is 9.78 Å². The molecular formula is C15H16N2O4S. The third-order valence-electron chi connectivity index (χ3n) is 3.86. The van der Waals surface area contributed by atoms with Crippen LogP contribution < -0.4 is 0 Å². The van der Waals surface area contributed by atoms with Crippen LogP contribution in [0.2, 0.25) is 0 Å². The molecule has 0 radical (unpaired) electrons. The number of sulfonamides is 1. The summed E-state index contributed by atoms with van der Waals surface area (Å²) >= 11 is 0. The second-order valence-corrected chi connectivity index (χ2v) is 6.99. The predicted molar refractivity (Wildman–Crippen MR) is 80.7 cm³/mol. The van der Waals surface area contributed by atoms with E-state index in [4.69, 9.17) is 4.74 Å². The molecule has 1 aromatic heterocycles. The summed E-state index contributed by atoms with van der Waals surface area (Å²) < 4.78 is 31.9. The van der Waals surface area contributed by atoms with Crippen molar-refractivity contribution in [2.75, 3.05) is 13.7 Å². The van der Waals surface area contributed by atoms with Crippen LogP contribution in [0.15, 0.2) is 41.4 Å². The molecule has 1 fully saturated rings. The van der Waals surface area contributed by atoms with Crippen LogP contribution in [0.5, 0.6) is 0 Å². The van der Waals surface area contributed by atoms with Crippen molar-refractivity contribution in [3.05, 3.63) is 36.5 Å². The number of para-hydroxylation sites is 1. The van der Waals surface area contributed by atoms with E-state index in [0.717, 1.165) is 5.39 Å². The van der Waals surface area contributed by atoms with E-state index in [9.17, 15) is 13.2 Å². The number of nitrogens with zero attached hydrogens (tertiary/aromatic N) is 2. The van der Waals surface area contributed by atoms with Crippen LogP contribution in [0.4, 0.5) is 0 Å². The molecular weight excluding hydrogens is 304 g/mol. The molecule has 116 valence electrons. The molecule has 1 atom stereocenters. The van der Waals surface area contributed by atoms with Crippen molar-refractivity contribution >= 4 is 26.9 Å². The minimum absolute atomic E-state index is 0.126. The number of fused-ring (bicyclic) bond motifs is 1. The first-order valence-electron chi connectivity index (χ1n) is 6.99. The topological polar surface area (TPSA) is 76.6 Å². The third kappa shape index (κ3) is 2.36. The molecule has 0 amide bonds. The summed E-state index contributed by atoms with van der Waals surface area (Å²) in [5, 5.41) is 0.748. The summed E-state index contributed by atoms with van der Waals surface area (Å²) in [6, 6.07) is 7.82. The van der Waals surface area contributed by atoms with Gasteiger partial charge in [0.1, 0.15) is 10.9 Å². The summed E-state index contributed by atoms with van der Waals surface area (Å²) in [5.41, 5.74) is 0.417. The van der Waals surface area contributed by atoms with Crippen LogP contribution in [-0.2, 0) is 19.6 Å². The zero-order chi connectivity index (χ0) is 15.7. The largest absolute Gasteiger partial charge is 0.468 e. The lowest BCUT2D eigenvalue weighted by molar-refractivity contribution is -0.144. The highest BCUT2D eigenvalue weighted by Gasteiger charge is 2.40. The van der Waals surface area contributed by atoms with Gasteiger partial charge in [-0.15, -0.1) is 0 Å². The quantitative estimate of drug-likeness (QED) is 0.802. The van der Waals surface area contributed by atoms with Gasteiger partial charge in [0, 0.05) is 18.1 Å². The lowest BCUT2D eigenvalue weighted by Gasteiger charge is -2.22. The van der Waals surface area contributed by atoms with Crippen LogP contribution in [-0.4, -0.2) is 43.4 Å². The van der Waals surface area contributed by atoms with E-state index >= 15 is 0 Å². The predicted octanol–water partition coefficient (Wildman–Crippen LogP) is 1.56. The second kappa shape index (κ2) is 5.66. The van der Waals surface area contributed by atoms with E-state index in [1.807, 2.05) is 12.1 Å². The number of ether oxygens (including phenoxy) is 1. The Balaban J connectivity index is 2.11. The van der Waals surface area contributed by atoms with Crippen LogP contribution >= 0.6 is 0 Å². The van der Waals surface area contributed by atoms with Crippen molar-refractivity contribution < 1.29 is 17.9 Å². The minimum Gasteiger partial charge on any atom is -0.468 e. The molecule has 1 aromatic carbocycles. The van der Waals surface area contributed by atoms with Crippen molar-refractivity contribution in [3.8, 4) is 0 Å². The average molecular weight is 320 g/mol. The summed E-state index contributed by atoms with van der Waals surface area (Å²) in [6.07, 6.45) is 2.67. The van der Waals surface area contributed by atoms with Crippen LogP contribution in [0.25, 0.3) is 10.9 Å². The van der Waals surface area contributed by atoms with Gasteiger partial charge < -0.3 is 4.74 Å². The Morgan fingerprint density at radius 3 is 2.86 bits per heavy atom. The van der Waals surface area contributed by atoms with Gasteiger partial charge in [0.05, 0.1) is 12.6 Å². The molecule has 1 saturated heterocycles. The monoisotopic (exact) mass is 320 g/mol. The van der Waals surface area contributed by atoms with Gasteiger partial charge >= 0.3 is 5.97 Å². The molecule has 1 aliphatic rings. The Kier molecular flexibility index (Phi) is 3.84. The van der Waals surface area contributed by atoms with E-state index in [2.05, 4.69) is 4.98 Å². The summed E-state index contributed by atoms with van der Waals surface area (Å²) in [6.45, 7) is 0.311. The average Bonchev–Trinajstić information content (AvgIpc) is 3.04. The smallest absolute Gasteiger partial charge is 0.324 e. The zero-order valence-corrected chi connectivity index (χ0v) is 12.9. The SMILES string of the molecule is COC(=O)C1CCCN1S(=O)(=O)c1cccc2cccnc12. The Bertz CT molecular complexity index is 814. The Morgan fingerprint density at radius 2 is 2.09 bits per heavy atom. The van der Waals surface area contributed by atoms with E-state index < -0.39 is 22.0 Å². The molecule has 0 saturated carbocycles. The normalized spacial score (nSPS) is 19.4. The molecule has 22 heavy (non-hydrogen) atoms. The van der Waals surface area contributed by atoms with Crippen molar-refractivity contribution in [1.82, 2.24) is 9.29 Å². The number of carbonyl (C=O) groups is 1. The van der Waals surface area contributed by atoms with E-state index in [0.29, 0.717) is 24.9 Å². The van der Waals surface area contributed by atoms with Crippen molar-refractivity contribution in [3.63, 3.8) is 0 Å². The Hall–Kier alpha value is -1.99. The Morgan fingerprint density at radius 1 is 1.32 bits per heavy atom. The summed E-state index contributed by atoms with van der Waals surface area (Å²) in [7, 11) is -2.53. The maximum absolute atomic E-state index is 13.0. The number of hydrogen-bond acceptors (Lipinski definition) is 5. The highest BCUT2D eigenvalue weighted by atomic mass is 32.2. The molecule has 0 spiro atoms. The van der Waals surface area contributed by atoms with Gasteiger partial charge in [0.25, 0.3) is 0 Å². The number of esters is 1. The fourth-order valence-corrected chi connectivity index (χ4v) is 4.62. The Labute approximate surface area is 128 Å². The maximum atomic E-state index is 13.0. The first-order valence-corrected chi connectivity index (χ1v) is 8.43. The first-order chi connectivity index (χ1) is 10.6. The molecule has 7 heteroatoms. The fraction of sp³-hybridized carbons (Fsp3) is 0.333. The van der Waals surface area contributed by atoms with Gasteiger partial charge in [-0.2, -0.15) is 4.31 Å². The van der Waals surface area contributed by atoms with Crippen LogP contribution in [0.3, 0.4) is 0 Å². The standard InChI is InChI=1S/C15H16N2O4S/c1-21-15(18)12-7-4-10-17(12)22(19,20)13-8-2-5-11-6-3-9-16-14(11)13/h2-3,5-6,8-9,12H,4,7,10H2,1H3. The molecule has 0 aliphatic carbocycles. The number of methoxy groups -OCH3 is 1. The third-order valence-corrected chi connectivity index (χ3v) is 5.80. The molecule has 1 aliphatic heterocycles. The molecule has 0 N–H and O–H groups in total. The van der Waals surface area contributed by atoms with E-state index in [1.54, 1.807) is 18.3 Å². The van der Waals surface area contributed by atoms with Gasteiger partial charge in [-0.1, -0.05) is 18.2 Å². The van der Waals surface area contributed by atoms with Gasteiger partial charge in [0.15, 0.2) is 0 Å². The molecule has 2 aromatic rings.